The van der Waals surface area contributed by atoms with E-state index in [1.54, 1.807) is 18.3 Å². The molecule has 12 heteroatoms. The van der Waals surface area contributed by atoms with E-state index in [2.05, 4.69) is 15.6 Å². The molecule has 2 N–H and O–H groups in total. The van der Waals surface area contributed by atoms with Crippen LogP contribution in [-0.2, 0) is 9.84 Å². The van der Waals surface area contributed by atoms with Crippen molar-refractivity contribution in [3.8, 4) is 10.6 Å². The lowest BCUT2D eigenvalue weighted by atomic mass is 10.2. The zero-order chi connectivity index (χ0) is 21.9. The predicted octanol–water partition coefficient (Wildman–Crippen LogP) is 3.33. The van der Waals surface area contributed by atoms with Crippen molar-refractivity contribution < 1.29 is 18.1 Å². The maximum Gasteiger partial charge on any atom is 0.293 e. The van der Waals surface area contributed by atoms with Crippen LogP contribution in [0.1, 0.15) is 15.4 Å². The fourth-order valence-electron chi connectivity index (χ4n) is 2.61. The van der Waals surface area contributed by atoms with Gasteiger partial charge in [-0.25, -0.2) is 13.4 Å². The molecular weight excluding hydrogens is 448 g/mol. The van der Waals surface area contributed by atoms with Crippen LogP contribution in [0.5, 0.6) is 0 Å². The molecule has 1 amide bonds. The van der Waals surface area contributed by atoms with Gasteiger partial charge in [-0.3, -0.25) is 14.9 Å². The van der Waals surface area contributed by atoms with E-state index >= 15 is 0 Å². The summed E-state index contributed by atoms with van der Waals surface area (Å²) in [6.07, 6.45) is 0.986. The van der Waals surface area contributed by atoms with Crippen LogP contribution in [0.15, 0.2) is 39.9 Å². The van der Waals surface area contributed by atoms with E-state index in [-0.39, 0.29) is 35.3 Å². The maximum atomic E-state index is 12.4. The average molecular weight is 467 g/mol. The third kappa shape index (κ3) is 5.01. The van der Waals surface area contributed by atoms with Gasteiger partial charge in [0.15, 0.2) is 9.84 Å². The van der Waals surface area contributed by atoms with Crippen molar-refractivity contribution in [3.63, 3.8) is 0 Å². The number of hydrogen-bond acceptors (Lipinski definition) is 9. The molecule has 0 atom stereocenters. The van der Waals surface area contributed by atoms with Crippen molar-refractivity contribution >= 4 is 49.8 Å². The summed E-state index contributed by atoms with van der Waals surface area (Å²) in [4.78, 5) is 27.9. The Balaban J connectivity index is 1.61. The van der Waals surface area contributed by atoms with Gasteiger partial charge in [-0.1, -0.05) is 0 Å². The number of sulfone groups is 1. The van der Waals surface area contributed by atoms with Gasteiger partial charge in [0.25, 0.3) is 11.6 Å². The zero-order valence-corrected chi connectivity index (χ0v) is 18.5. The maximum absolute atomic E-state index is 12.4. The van der Waals surface area contributed by atoms with E-state index in [1.807, 2.05) is 16.8 Å². The number of carbonyl (C=O) groups is 1. The first-order valence-corrected chi connectivity index (χ1v) is 12.3. The number of carbonyl (C=O) groups excluding carboxylic acids is 1. The minimum absolute atomic E-state index is 0.129. The summed E-state index contributed by atoms with van der Waals surface area (Å²) in [5.41, 5.74) is 1.44. The number of hydrogen-bond donors (Lipinski definition) is 2. The lowest BCUT2D eigenvalue weighted by Crippen LogP contribution is -2.28. The molecule has 0 aliphatic carbocycles. The van der Waals surface area contributed by atoms with Crippen LogP contribution in [0.2, 0.25) is 0 Å². The second kappa shape index (κ2) is 8.90. The second-order valence-corrected chi connectivity index (χ2v) is 10.1. The molecule has 0 saturated heterocycles. The van der Waals surface area contributed by atoms with Crippen molar-refractivity contribution in [3.05, 3.63) is 55.7 Å². The highest BCUT2D eigenvalue weighted by Crippen LogP contribution is 2.29. The molecule has 158 valence electrons. The van der Waals surface area contributed by atoms with E-state index in [0.29, 0.717) is 10.6 Å². The quantitative estimate of drug-likeness (QED) is 0.296. The number of aromatic nitrogens is 1. The van der Waals surface area contributed by atoms with E-state index in [9.17, 15) is 23.3 Å². The van der Waals surface area contributed by atoms with Gasteiger partial charge in [0.05, 0.1) is 15.5 Å². The van der Waals surface area contributed by atoms with Crippen molar-refractivity contribution in [2.24, 2.45) is 0 Å². The molecule has 2 heterocycles. The highest BCUT2D eigenvalue weighted by molar-refractivity contribution is 7.90. The molecule has 9 nitrogen and oxygen atoms in total. The molecule has 0 spiro atoms. The summed E-state index contributed by atoms with van der Waals surface area (Å²) < 4.78 is 23.2. The van der Waals surface area contributed by atoms with Crippen molar-refractivity contribution in [1.82, 2.24) is 10.3 Å². The van der Waals surface area contributed by atoms with Crippen molar-refractivity contribution in [2.45, 2.75) is 11.8 Å². The van der Waals surface area contributed by atoms with Gasteiger partial charge >= 0.3 is 0 Å². The molecule has 0 bridgehead atoms. The minimum Gasteiger partial charge on any atom is -0.378 e. The average Bonchev–Trinajstić information content (AvgIpc) is 3.33. The fourth-order valence-corrected chi connectivity index (χ4v) is 4.95. The van der Waals surface area contributed by atoms with Gasteiger partial charge in [-0.2, -0.15) is 11.3 Å². The number of aryl methyl sites for hydroxylation is 1. The summed E-state index contributed by atoms with van der Waals surface area (Å²) in [6.45, 7) is 2.21. The van der Waals surface area contributed by atoms with Crippen LogP contribution in [0.4, 0.5) is 11.4 Å². The van der Waals surface area contributed by atoms with Crippen molar-refractivity contribution in [1.29, 1.82) is 0 Å². The number of anilines is 1. The number of amides is 1. The van der Waals surface area contributed by atoms with E-state index in [0.717, 1.165) is 22.9 Å². The number of thiophene rings is 1. The van der Waals surface area contributed by atoms with Gasteiger partial charge in [0, 0.05) is 36.4 Å². The van der Waals surface area contributed by atoms with Crippen LogP contribution >= 0.6 is 22.7 Å². The first-order chi connectivity index (χ1) is 14.2. The summed E-state index contributed by atoms with van der Waals surface area (Å²) >= 11 is 2.86. The third-order valence-electron chi connectivity index (χ3n) is 4.09. The molecule has 30 heavy (non-hydrogen) atoms. The summed E-state index contributed by atoms with van der Waals surface area (Å²) in [7, 11) is -3.55. The molecule has 0 fully saturated rings. The molecule has 0 radical (unpaired) electrons. The minimum atomic E-state index is -3.55. The molecule has 0 unspecified atom stereocenters. The molecule has 0 saturated carbocycles. The van der Waals surface area contributed by atoms with Crippen LogP contribution in [0.3, 0.4) is 0 Å². The highest BCUT2D eigenvalue weighted by Gasteiger charge is 2.19. The van der Waals surface area contributed by atoms with Gasteiger partial charge in [-0.15, -0.1) is 11.3 Å². The van der Waals surface area contributed by atoms with Crippen LogP contribution in [0, 0.1) is 17.0 Å². The number of rotatable bonds is 8. The molecule has 3 aromatic rings. The topological polar surface area (TPSA) is 131 Å². The van der Waals surface area contributed by atoms with Gasteiger partial charge in [-0.05, 0) is 30.5 Å². The molecule has 2 aromatic heterocycles. The third-order valence-corrected chi connectivity index (χ3v) is 7.09. The Morgan fingerprint density at radius 2 is 2.03 bits per heavy atom. The Bertz CT molecular complexity index is 1190. The van der Waals surface area contributed by atoms with Crippen LogP contribution in [0.25, 0.3) is 10.6 Å². The second-order valence-electron chi connectivity index (χ2n) is 6.34. The number of nitro benzene ring substituents is 1. The zero-order valence-electron chi connectivity index (χ0n) is 16.0. The smallest absolute Gasteiger partial charge is 0.293 e. The monoisotopic (exact) mass is 466 g/mol. The number of benzene rings is 1. The Labute approximate surface area is 180 Å². The van der Waals surface area contributed by atoms with E-state index in [4.69, 9.17) is 0 Å². The number of nitrogens with zero attached hydrogens (tertiary/aromatic N) is 2. The largest absolute Gasteiger partial charge is 0.378 e. The van der Waals surface area contributed by atoms with E-state index in [1.165, 1.54) is 23.5 Å². The number of thiazole rings is 1. The Morgan fingerprint density at radius 1 is 1.27 bits per heavy atom. The molecule has 1 aromatic carbocycles. The molecule has 0 aliphatic rings. The predicted molar refractivity (Wildman–Crippen MR) is 117 cm³/mol. The van der Waals surface area contributed by atoms with Gasteiger partial charge < -0.3 is 10.6 Å². The highest BCUT2D eigenvalue weighted by atomic mass is 32.2. The standard InChI is InChI=1S/C18H18N4O5S3/c1-11-16(29-18(21-11)12-5-8-28-10-12)17(23)20-7-6-19-14-4-3-13(30(2,26)27)9-15(14)22(24)25/h3-5,8-10,19H,6-7H2,1-2H3,(H,20,23). The first-order valence-electron chi connectivity index (χ1n) is 8.67. The number of nitrogens with one attached hydrogen (secondary N) is 2. The van der Waals surface area contributed by atoms with Gasteiger partial charge in [0.2, 0.25) is 0 Å². The van der Waals surface area contributed by atoms with Crippen molar-refractivity contribution in [2.75, 3.05) is 24.7 Å². The first kappa shape index (κ1) is 21.9. The Hall–Kier alpha value is -2.83. The molecule has 0 aliphatic heterocycles. The molecular formula is C18H18N4O5S3. The molecule has 3 rings (SSSR count). The van der Waals surface area contributed by atoms with Crippen LogP contribution in [-0.4, -0.2) is 43.6 Å². The lowest BCUT2D eigenvalue weighted by molar-refractivity contribution is -0.384. The Morgan fingerprint density at radius 3 is 2.67 bits per heavy atom. The summed E-state index contributed by atoms with van der Waals surface area (Å²) in [5.74, 6) is -0.268. The van der Waals surface area contributed by atoms with Gasteiger partial charge in [0.1, 0.15) is 15.6 Å². The normalized spacial score (nSPS) is 11.3. The lowest BCUT2D eigenvalue weighted by Gasteiger charge is -2.09. The summed E-state index contributed by atoms with van der Waals surface area (Å²) in [6, 6.07) is 5.60. The van der Waals surface area contributed by atoms with E-state index < -0.39 is 14.8 Å². The fraction of sp³-hybridized carbons (Fsp3) is 0.222. The van der Waals surface area contributed by atoms with Crippen LogP contribution < -0.4 is 10.6 Å². The summed E-state index contributed by atoms with van der Waals surface area (Å²) in [5, 5.41) is 21.6. The Kier molecular flexibility index (Phi) is 6.48. The number of nitro groups is 1. The SMILES string of the molecule is Cc1nc(-c2ccsc2)sc1C(=O)NCCNc1ccc(S(C)(=O)=O)cc1[N+](=O)[O-].